The minimum Gasteiger partial charge on any atom is -0.325 e. The number of rotatable bonds is 3. The van der Waals surface area contributed by atoms with Gasteiger partial charge in [-0.3, -0.25) is 9.36 Å². The van der Waals surface area contributed by atoms with Crippen LogP contribution in [0.2, 0.25) is 0 Å². The molecule has 3 aromatic rings. The maximum atomic E-state index is 13.2. The van der Waals surface area contributed by atoms with Crippen molar-refractivity contribution < 1.29 is 9.18 Å². The van der Waals surface area contributed by atoms with Crippen molar-refractivity contribution in [1.29, 1.82) is 0 Å². The van der Waals surface area contributed by atoms with Gasteiger partial charge < -0.3 is 10.3 Å². The Labute approximate surface area is 139 Å². The van der Waals surface area contributed by atoms with E-state index in [-0.39, 0.29) is 12.5 Å². The van der Waals surface area contributed by atoms with Crippen LogP contribution in [-0.2, 0) is 11.3 Å². The number of hydrogen-bond donors (Lipinski definition) is 2. The highest BCUT2D eigenvalue weighted by atomic mass is 79.9. The summed E-state index contributed by atoms with van der Waals surface area (Å²) in [6, 6.07) is 9.38. The molecule has 0 atom stereocenters. The molecule has 23 heavy (non-hydrogen) atoms. The first kappa shape index (κ1) is 15.5. The Bertz CT molecular complexity index is 962. The summed E-state index contributed by atoms with van der Waals surface area (Å²) in [5.74, 6) is -0.778. The highest BCUT2D eigenvalue weighted by molar-refractivity contribution is 9.10. The first-order valence-corrected chi connectivity index (χ1v) is 7.67. The van der Waals surface area contributed by atoms with Gasteiger partial charge in [0, 0.05) is 10.2 Å². The van der Waals surface area contributed by atoms with Crippen molar-refractivity contribution in [3.63, 3.8) is 0 Å². The van der Waals surface area contributed by atoms with E-state index < -0.39 is 11.5 Å². The summed E-state index contributed by atoms with van der Waals surface area (Å²) < 4.78 is 15.4. The van der Waals surface area contributed by atoms with Crippen LogP contribution in [0.5, 0.6) is 0 Å². The Hall–Kier alpha value is -2.41. The smallest absolute Gasteiger partial charge is 0.325 e. The lowest BCUT2D eigenvalue weighted by Gasteiger charge is -2.08. The molecule has 0 bridgehead atoms. The topological polar surface area (TPSA) is 66.9 Å². The minimum atomic E-state index is -0.451. The second kappa shape index (κ2) is 6.00. The molecular weight excluding hydrogens is 365 g/mol. The second-order valence-electron chi connectivity index (χ2n) is 5.19. The molecule has 0 spiro atoms. The third-order valence-corrected chi connectivity index (χ3v) is 4.37. The molecule has 1 heterocycles. The fourth-order valence-corrected chi connectivity index (χ4v) is 2.61. The van der Waals surface area contributed by atoms with Gasteiger partial charge in [0.15, 0.2) is 0 Å². The number of aryl methyl sites for hydroxylation is 1. The summed E-state index contributed by atoms with van der Waals surface area (Å²) >= 11 is 3.39. The molecule has 3 rings (SSSR count). The Balaban J connectivity index is 1.84. The molecule has 118 valence electrons. The number of amides is 1. The van der Waals surface area contributed by atoms with Gasteiger partial charge in [0.1, 0.15) is 12.4 Å². The summed E-state index contributed by atoms with van der Waals surface area (Å²) in [6.45, 7) is 1.76. The average Bonchev–Trinajstić information content (AvgIpc) is 2.78. The Morgan fingerprint density at radius 1 is 1.30 bits per heavy atom. The number of imidazole rings is 1. The van der Waals surface area contributed by atoms with E-state index in [0.717, 1.165) is 10.0 Å². The number of fused-ring (bicyclic) bond motifs is 1. The molecule has 0 aliphatic heterocycles. The van der Waals surface area contributed by atoms with Crippen molar-refractivity contribution in [2.24, 2.45) is 0 Å². The van der Waals surface area contributed by atoms with E-state index in [2.05, 4.69) is 26.2 Å². The van der Waals surface area contributed by atoms with E-state index in [4.69, 9.17) is 0 Å². The second-order valence-corrected chi connectivity index (χ2v) is 6.04. The van der Waals surface area contributed by atoms with Gasteiger partial charge in [0.25, 0.3) is 0 Å². The number of benzene rings is 2. The maximum absolute atomic E-state index is 13.2. The van der Waals surface area contributed by atoms with E-state index >= 15 is 0 Å². The van der Waals surface area contributed by atoms with E-state index in [9.17, 15) is 14.0 Å². The summed E-state index contributed by atoms with van der Waals surface area (Å²) in [7, 11) is 0. The summed E-state index contributed by atoms with van der Waals surface area (Å²) in [4.78, 5) is 26.6. The van der Waals surface area contributed by atoms with Gasteiger partial charge in [-0.2, -0.15) is 0 Å². The van der Waals surface area contributed by atoms with Crippen LogP contribution >= 0.6 is 15.9 Å². The summed E-state index contributed by atoms with van der Waals surface area (Å²) in [5.41, 5.74) is 2.03. The van der Waals surface area contributed by atoms with Crippen LogP contribution in [0.25, 0.3) is 11.0 Å². The van der Waals surface area contributed by atoms with Gasteiger partial charge >= 0.3 is 5.69 Å². The first-order chi connectivity index (χ1) is 10.9. The van der Waals surface area contributed by atoms with E-state index in [1.165, 1.54) is 22.8 Å². The number of hydrogen-bond acceptors (Lipinski definition) is 2. The molecule has 0 unspecified atom stereocenters. The number of halogens is 2. The number of carbonyl (C=O) groups is 1. The zero-order chi connectivity index (χ0) is 16.6. The number of nitrogens with zero attached hydrogens (tertiary/aromatic N) is 1. The van der Waals surface area contributed by atoms with Gasteiger partial charge in [0.05, 0.1) is 11.0 Å². The molecule has 0 fully saturated rings. The molecule has 0 saturated heterocycles. The fraction of sp³-hybridized carbons (Fsp3) is 0.125. The summed E-state index contributed by atoms with van der Waals surface area (Å²) in [5, 5.41) is 2.74. The largest absolute Gasteiger partial charge is 0.326 e. The van der Waals surface area contributed by atoms with Crippen molar-refractivity contribution in [1.82, 2.24) is 9.55 Å². The van der Waals surface area contributed by atoms with Crippen LogP contribution in [0.15, 0.2) is 45.7 Å². The van der Waals surface area contributed by atoms with Crippen LogP contribution in [0.3, 0.4) is 0 Å². The van der Waals surface area contributed by atoms with Gasteiger partial charge in [-0.05, 0) is 48.9 Å². The summed E-state index contributed by atoms with van der Waals surface area (Å²) in [6.07, 6.45) is 0. The monoisotopic (exact) mass is 377 g/mol. The highest BCUT2D eigenvalue weighted by Gasteiger charge is 2.11. The van der Waals surface area contributed by atoms with Gasteiger partial charge in [-0.1, -0.05) is 15.9 Å². The molecule has 0 aliphatic rings. The zero-order valence-corrected chi connectivity index (χ0v) is 13.8. The van der Waals surface area contributed by atoms with E-state index in [1.54, 1.807) is 6.07 Å². The van der Waals surface area contributed by atoms with Crippen LogP contribution in [-0.4, -0.2) is 15.5 Å². The van der Waals surface area contributed by atoms with Gasteiger partial charge in [-0.15, -0.1) is 0 Å². The molecule has 0 saturated carbocycles. The number of anilines is 1. The molecular formula is C16H13BrFN3O2. The molecule has 1 aromatic heterocycles. The lowest BCUT2D eigenvalue weighted by molar-refractivity contribution is -0.116. The van der Waals surface area contributed by atoms with Gasteiger partial charge in [-0.25, -0.2) is 9.18 Å². The molecule has 5 nitrogen and oxygen atoms in total. The number of aromatic amines is 1. The van der Waals surface area contributed by atoms with Crippen LogP contribution in [0.4, 0.5) is 10.1 Å². The van der Waals surface area contributed by atoms with Crippen molar-refractivity contribution >= 4 is 38.6 Å². The van der Waals surface area contributed by atoms with Crippen molar-refractivity contribution in [2.45, 2.75) is 13.5 Å². The van der Waals surface area contributed by atoms with Crippen LogP contribution in [0, 0.1) is 12.7 Å². The number of carbonyl (C=O) groups excluding carboxylic acids is 1. The molecule has 7 heteroatoms. The normalized spacial score (nSPS) is 10.9. The van der Waals surface area contributed by atoms with Crippen LogP contribution < -0.4 is 11.0 Å². The van der Waals surface area contributed by atoms with Crippen molar-refractivity contribution in [2.75, 3.05) is 5.32 Å². The van der Waals surface area contributed by atoms with Crippen LogP contribution in [0.1, 0.15) is 5.56 Å². The number of aromatic nitrogens is 2. The van der Waals surface area contributed by atoms with Crippen molar-refractivity contribution in [3.05, 3.63) is 62.7 Å². The Morgan fingerprint density at radius 2 is 2.09 bits per heavy atom. The predicted octanol–water partition coefficient (Wildman–Crippen LogP) is 3.18. The van der Waals surface area contributed by atoms with E-state index in [0.29, 0.717) is 16.7 Å². The predicted molar refractivity (Wildman–Crippen MR) is 90.0 cm³/mol. The lowest BCUT2D eigenvalue weighted by atomic mass is 10.2. The lowest BCUT2D eigenvalue weighted by Crippen LogP contribution is -2.25. The minimum absolute atomic E-state index is 0.153. The standard InChI is InChI=1S/C16H13BrFN3O2/c1-9-6-11(3-4-12(9)17)19-15(22)8-21-14-5-2-10(18)7-13(14)20-16(21)23/h2-7H,8H2,1H3,(H,19,22)(H,20,23). The quantitative estimate of drug-likeness (QED) is 0.735. The molecule has 0 aliphatic carbocycles. The molecule has 1 amide bonds. The number of H-pyrrole nitrogens is 1. The molecule has 2 N–H and O–H groups in total. The maximum Gasteiger partial charge on any atom is 0.326 e. The number of nitrogens with one attached hydrogen (secondary N) is 2. The van der Waals surface area contributed by atoms with E-state index in [1.807, 2.05) is 19.1 Å². The van der Waals surface area contributed by atoms with Gasteiger partial charge in [0.2, 0.25) is 5.91 Å². The zero-order valence-electron chi connectivity index (χ0n) is 12.2. The highest BCUT2D eigenvalue weighted by Crippen LogP contribution is 2.20. The SMILES string of the molecule is Cc1cc(NC(=O)Cn2c(=O)[nH]c3cc(F)ccc32)ccc1Br. The Kier molecular flexibility index (Phi) is 4.04. The average molecular weight is 378 g/mol. The Morgan fingerprint density at radius 3 is 2.83 bits per heavy atom. The third-order valence-electron chi connectivity index (χ3n) is 3.48. The van der Waals surface area contributed by atoms with Crippen molar-refractivity contribution in [3.8, 4) is 0 Å². The first-order valence-electron chi connectivity index (χ1n) is 6.88. The fourth-order valence-electron chi connectivity index (χ4n) is 2.36. The third kappa shape index (κ3) is 3.19. The molecule has 2 aromatic carbocycles. The molecule has 0 radical (unpaired) electrons.